The molecular weight excluding hydrogens is 262 g/mol. The lowest BCUT2D eigenvalue weighted by molar-refractivity contribution is 0.404. The fourth-order valence-electron chi connectivity index (χ4n) is 2.72. The zero-order valence-corrected chi connectivity index (χ0v) is 12.8. The molecule has 2 aromatic rings. The number of phenols is 2. The van der Waals surface area contributed by atoms with E-state index in [1.807, 2.05) is 19.1 Å². The van der Waals surface area contributed by atoms with Crippen molar-refractivity contribution in [3.8, 4) is 11.5 Å². The number of hydrogen-bond acceptors (Lipinski definition) is 3. The van der Waals surface area contributed by atoms with Crippen LogP contribution in [0.1, 0.15) is 36.6 Å². The van der Waals surface area contributed by atoms with Gasteiger partial charge in [0, 0.05) is 12.1 Å². The van der Waals surface area contributed by atoms with Crippen LogP contribution in [0, 0.1) is 6.92 Å². The first kappa shape index (κ1) is 15.4. The van der Waals surface area contributed by atoms with Gasteiger partial charge in [0.2, 0.25) is 0 Å². The molecule has 0 saturated carbocycles. The van der Waals surface area contributed by atoms with Crippen LogP contribution in [0.2, 0.25) is 0 Å². The smallest absolute Gasteiger partial charge is 0.124 e. The summed E-state index contributed by atoms with van der Waals surface area (Å²) >= 11 is 0. The average Bonchev–Trinajstić information content (AvgIpc) is 2.41. The summed E-state index contributed by atoms with van der Waals surface area (Å²) in [5, 5.41) is 23.3. The van der Waals surface area contributed by atoms with Crippen molar-refractivity contribution in [2.75, 3.05) is 0 Å². The van der Waals surface area contributed by atoms with Crippen molar-refractivity contribution < 1.29 is 10.2 Å². The van der Waals surface area contributed by atoms with Gasteiger partial charge in [0.25, 0.3) is 0 Å². The Kier molecular flexibility index (Phi) is 4.86. The van der Waals surface area contributed by atoms with Gasteiger partial charge in [0.15, 0.2) is 0 Å². The van der Waals surface area contributed by atoms with Gasteiger partial charge in [-0.25, -0.2) is 0 Å². The summed E-state index contributed by atoms with van der Waals surface area (Å²) in [5.41, 5.74) is 3.14. The number of hydrogen-bond donors (Lipinski definition) is 3. The van der Waals surface area contributed by atoms with Crippen molar-refractivity contribution >= 4 is 0 Å². The molecule has 2 aromatic carbocycles. The highest BCUT2D eigenvalue weighted by molar-refractivity contribution is 5.45. The van der Waals surface area contributed by atoms with Gasteiger partial charge < -0.3 is 15.5 Å². The van der Waals surface area contributed by atoms with Crippen molar-refractivity contribution in [2.45, 2.75) is 39.3 Å². The van der Waals surface area contributed by atoms with Crippen LogP contribution in [0.5, 0.6) is 11.5 Å². The molecule has 0 aliphatic rings. The summed E-state index contributed by atoms with van der Waals surface area (Å²) < 4.78 is 0. The van der Waals surface area contributed by atoms with E-state index >= 15 is 0 Å². The van der Waals surface area contributed by atoms with Crippen molar-refractivity contribution in [1.29, 1.82) is 0 Å². The zero-order chi connectivity index (χ0) is 15.4. The van der Waals surface area contributed by atoms with E-state index in [0.717, 1.165) is 6.42 Å². The third-order valence-corrected chi connectivity index (χ3v) is 3.81. The maximum Gasteiger partial charge on any atom is 0.124 e. The fourth-order valence-corrected chi connectivity index (χ4v) is 2.72. The number of benzene rings is 2. The summed E-state index contributed by atoms with van der Waals surface area (Å²) in [7, 11) is 0. The van der Waals surface area contributed by atoms with Crippen molar-refractivity contribution in [1.82, 2.24) is 5.32 Å². The fraction of sp³-hybridized carbons (Fsp3) is 0.333. The average molecular weight is 285 g/mol. The molecule has 3 N–H and O–H groups in total. The predicted octanol–water partition coefficient (Wildman–Crippen LogP) is 3.69. The Balaban J connectivity index is 2.06. The second kappa shape index (κ2) is 6.64. The first-order valence-corrected chi connectivity index (χ1v) is 7.30. The third-order valence-electron chi connectivity index (χ3n) is 3.81. The van der Waals surface area contributed by atoms with Gasteiger partial charge >= 0.3 is 0 Å². The first-order chi connectivity index (χ1) is 9.99. The van der Waals surface area contributed by atoms with Crippen LogP contribution >= 0.6 is 0 Å². The van der Waals surface area contributed by atoms with Gasteiger partial charge in [0.1, 0.15) is 11.5 Å². The molecule has 0 heterocycles. The first-order valence-electron chi connectivity index (χ1n) is 7.30. The highest BCUT2D eigenvalue weighted by Crippen LogP contribution is 2.32. The molecule has 2 atom stereocenters. The second-order valence-corrected chi connectivity index (χ2v) is 5.63. The lowest BCUT2D eigenvalue weighted by Crippen LogP contribution is -2.31. The molecule has 0 amide bonds. The van der Waals surface area contributed by atoms with Crippen molar-refractivity contribution in [3.05, 3.63) is 59.2 Å². The number of nitrogens with one attached hydrogen (secondary N) is 1. The molecule has 21 heavy (non-hydrogen) atoms. The minimum Gasteiger partial charge on any atom is -0.507 e. The maximum absolute atomic E-state index is 9.91. The van der Waals surface area contributed by atoms with Gasteiger partial charge in [-0.1, -0.05) is 30.3 Å². The zero-order valence-electron chi connectivity index (χ0n) is 12.8. The standard InChI is InChI=1S/C18H23NO2/c1-12-7-4-5-8-15(12)11-13(2)19-14(3)18-16(20)9-6-10-17(18)21/h4-10,13-14,19-21H,11H2,1-3H3. The monoisotopic (exact) mass is 285 g/mol. The van der Waals surface area contributed by atoms with Crippen LogP contribution < -0.4 is 5.32 Å². The Morgan fingerprint density at radius 2 is 1.57 bits per heavy atom. The summed E-state index contributed by atoms with van der Waals surface area (Å²) in [6.07, 6.45) is 0.908. The highest BCUT2D eigenvalue weighted by atomic mass is 16.3. The Labute approximate surface area is 126 Å². The quantitative estimate of drug-likeness (QED) is 0.785. The van der Waals surface area contributed by atoms with E-state index in [2.05, 4.69) is 31.3 Å². The Hall–Kier alpha value is -2.00. The molecule has 0 aliphatic carbocycles. The molecule has 2 rings (SSSR count). The van der Waals surface area contributed by atoms with Gasteiger partial charge in [-0.05, 0) is 50.5 Å². The molecule has 0 spiro atoms. The van der Waals surface area contributed by atoms with Crippen molar-refractivity contribution in [2.24, 2.45) is 0 Å². The van der Waals surface area contributed by atoms with Crippen LogP contribution in [0.15, 0.2) is 42.5 Å². The van der Waals surface area contributed by atoms with E-state index in [1.54, 1.807) is 18.2 Å². The van der Waals surface area contributed by atoms with E-state index in [4.69, 9.17) is 0 Å². The van der Waals surface area contributed by atoms with Crippen LogP contribution in [-0.2, 0) is 6.42 Å². The second-order valence-electron chi connectivity index (χ2n) is 5.63. The SMILES string of the molecule is Cc1ccccc1CC(C)NC(C)c1c(O)cccc1O. The molecular formula is C18H23NO2. The van der Waals surface area contributed by atoms with Gasteiger partial charge in [-0.2, -0.15) is 0 Å². The number of aromatic hydroxyl groups is 2. The Morgan fingerprint density at radius 3 is 2.19 bits per heavy atom. The Morgan fingerprint density at radius 1 is 0.952 bits per heavy atom. The van der Waals surface area contributed by atoms with E-state index in [1.165, 1.54) is 11.1 Å². The molecule has 0 radical (unpaired) electrons. The van der Waals surface area contributed by atoms with Gasteiger partial charge in [0.05, 0.1) is 5.56 Å². The van der Waals surface area contributed by atoms with E-state index in [0.29, 0.717) is 5.56 Å². The molecule has 2 unspecified atom stereocenters. The van der Waals surface area contributed by atoms with Crippen molar-refractivity contribution in [3.63, 3.8) is 0 Å². The predicted molar refractivity (Wildman–Crippen MR) is 85.7 cm³/mol. The van der Waals surface area contributed by atoms with Crippen LogP contribution in [-0.4, -0.2) is 16.3 Å². The summed E-state index contributed by atoms with van der Waals surface area (Å²) in [6.45, 7) is 6.17. The normalized spacial score (nSPS) is 13.9. The Bertz CT molecular complexity index is 590. The molecule has 0 saturated heterocycles. The number of aryl methyl sites for hydroxylation is 1. The molecule has 3 nitrogen and oxygen atoms in total. The summed E-state index contributed by atoms with van der Waals surface area (Å²) in [6, 6.07) is 13.3. The van der Waals surface area contributed by atoms with Crippen LogP contribution in [0.3, 0.4) is 0 Å². The number of rotatable bonds is 5. The van der Waals surface area contributed by atoms with Crippen LogP contribution in [0.4, 0.5) is 0 Å². The van der Waals surface area contributed by atoms with Gasteiger partial charge in [-0.15, -0.1) is 0 Å². The molecule has 112 valence electrons. The minimum atomic E-state index is -0.120. The van der Waals surface area contributed by atoms with E-state index in [-0.39, 0.29) is 23.6 Å². The maximum atomic E-state index is 9.91. The number of phenolic OH excluding ortho intramolecular Hbond substituents is 2. The van der Waals surface area contributed by atoms with E-state index in [9.17, 15) is 10.2 Å². The molecule has 0 bridgehead atoms. The molecule has 0 aromatic heterocycles. The largest absolute Gasteiger partial charge is 0.507 e. The molecule has 0 aliphatic heterocycles. The van der Waals surface area contributed by atoms with E-state index < -0.39 is 0 Å². The lowest BCUT2D eigenvalue weighted by Gasteiger charge is -2.22. The summed E-state index contributed by atoms with van der Waals surface area (Å²) in [4.78, 5) is 0. The molecule has 3 heteroatoms. The highest BCUT2D eigenvalue weighted by Gasteiger charge is 2.17. The molecule has 0 fully saturated rings. The minimum absolute atomic E-state index is 0.120. The van der Waals surface area contributed by atoms with Crippen LogP contribution in [0.25, 0.3) is 0 Å². The topological polar surface area (TPSA) is 52.5 Å². The lowest BCUT2D eigenvalue weighted by atomic mass is 10.00. The summed E-state index contributed by atoms with van der Waals surface area (Å²) in [5.74, 6) is 0.246. The van der Waals surface area contributed by atoms with Gasteiger partial charge in [-0.3, -0.25) is 0 Å². The third kappa shape index (κ3) is 3.76.